The Bertz CT molecular complexity index is 719. The number of pyridine rings is 1. The average Bonchev–Trinajstić information content (AvgIpc) is 3.49. The van der Waals surface area contributed by atoms with Gasteiger partial charge in [0.2, 0.25) is 5.91 Å². The van der Waals surface area contributed by atoms with Gasteiger partial charge in [-0.25, -0.2) is 0 Å². The Morgan fingerprint density at radius 1 is 1.19 bits per heavy atom. The summed E-state index contributed by atoms with van der Waals surface area (Å²) in [7, 11) is 0. The number of nitrogens with zero attached hydrogens (tertiary/aromatic N) is 2. The van der Waals surface area contributed by atoms with Crippen LogP contribution in [0.5, 0.6) is 0 Å². The van der Waals surface area contributed by atoms with Crippen LogP contribution in [0.2, 0.25) is 0 Å². The lowest BCUT2D eigenvalue weighted by Crippen LogP contribution is -2.41. The fourth-order valence-corrected chi connectivity index (χ4v) is 4.14. The van der Waals surface area contributed by atoms with E-state index in [1.807, 2.05) is 24.5 Å². The van der Waals surface area contributed by atoms with E-state index >= 15 is 0 Å². The van der Waals surface area contributed by atoms with E-state index in [1.54, 1.807) is 0 Å². The number of benzene rings is 1. The second-order valence-electron chi connectivity index (χ2n) is 7.71. The molecule has 3 atom stereocenters. The Labute approximate surface area is 155 Å². The molecule has 1 aromatic carbocycles. The number of carbonyl (C=O) groups excluding carboxylic acids is 1. The highest BCUT2D eigenvalue weighted by atomic mass is 16.2. The fourth-order valence-electron chi connectivity index (χ4n) is 4.14. The van der Waals surface area contributed by atoms with Crippen LogP contribution in [-0.2, 0) is 11.3 Å². The number of amides is 1. The predicted molar refractivity (Wildman–Crippen MR) is 103 cm³/mol. The van der Waals surface area contributed by atoms with Gasteiger partial charge in [0.25, 0.3) is 0 Å². The zero-order chi connectivity index (χ0) is 17.8. The lowest BCUT2D eigenvalue weighted by Gasteiger charge is -2.32. The Morgan fingerprint density at radius 2 is 2.08 bits per heavy atom. The van der Waals surface area contributed by atoms with E-state index < -0.39 is 0 Å². The van der Waals surface area contributed by atoms with Crippen LogP contribution in [0.25, 0.3) is 0 Å². The molecule has 1 N–H and O–H groups in total. The van der Waals surface area contributed by atoms with Gasteiger partial charge in [-0.05, 0) is 54.8 Å². The average molecular weight is 349 g/mol. The van der Waals surface area contributed by atoms with E-state index in [-0.39, 0.29) is 11.8 Å². The summed E-state index contributed by atoms with van der Waals surface area (Å²) >= 11 is 0. The Morgan fingerprint density at radius 3 is 2.88 bits per heavy atom. The summed E-state index contributed by atoms with van der Waals surface area (Å²) in [6, 6.07) is 14.5. The van der Waals surface area contributed by atoms with Gasteiger partial charge >= 0.3 is 0 Å². The van der Waals surface area contributed by atoms with Crippen molar-refractivity contribution in [3.05, 3.63) is 66.0 Å². The number of rotatable bonds is 6. The van der Waals surface area contributed by atoms with Gasteiger partial charge in [-0.3, -0.25) is 14.7 Å². The van der Waals surface area contributed by atoms with Crippen LogP contribution < -0.4 is 5.32 Å². The van der Waals surface area contributed by atoms with Crippen molar-refractivity contribution in [2.75, 3.05) is 19.6 Å². The maximum atomic E-state index is 12.5. The van der Waals surface area contributed by atoms with Crippen molar-refractivity contribution in [3.8, 4) is 0 Å². The van der Waals surface area contributed by atoms with E-state index in [0.29, 0.717) is 11.8 Å². The van der Waals surface area contributed by atoms with E-state index in [9.17, 15) is 4.79 Å². The summed E-state index contributed by atoms with van der Waals surface area (Å²) in [5, 5.41) is 3.22. The van der Waals surface area contributed by atoms with E-state index in [1.165, 1.54) is 24.0 Å². The standard InChI is InChI=1S/C22H27N3O/c26-22(21-12-20(21)19-8-2-1-3-9-19)24-14-18-7-5-11-25(16-18)15-17-6-4-10-23-13-17/h1-4,6,8-10,13,18,20-21H,5,7,11-12,14-16H2,(H,24,26)/t18-,20+,21+/m0/s1. The summed E-state index contributed by atoms with van der Waals surface area (Å²) in [6.07, 6.45) is 7.17. The summed E-state index contributed by atoms with van der Waals surface area (Å²) < 4.78 is 0. The van der Waals surface area contributed by atoms with Gasteiger partial charge in [-0.2, -0.15) is 0 Å². The normalized spacial score (nSPS) is 25.6. The molecule has 1 amide bonds. The molecule has 4 heteroatoms. The monoisotopic (exact) mass is 349 g/mol. The van der Waals surface area contributed by atoms with E-state index in [0.717, 1.165) is 32.6 Å². The Kier molecular flexibility index (Phi) is 5.30. The molecule has 2 aromatic rings. The summed E-state index contributed by atoms with van der Waals surface area (Å²) in [6.45, 7) is 3.96. The molecule has 0 unspecified atom stereocenters. The molecular weight excluding hydrogens is 322 g/mol. The van der Waals surface area contributed by atoms with Crippen LogP contribution in [0.4, 0.5) is 0 Å². The maximum absolute atomic E-state index is 12.5. The molecule has 0 spiro atoms. The number of piperidine rings is 1. The first kappa shape index (κ1) is 17.2. The molecule has 2 heterocycles. The van der Waals surface area contributed by atoms with E-state index in [2.05, 4.69) is 45.5 Å². The van der Waals surface area contributed by atoms with Crippen molar-refractivity contribution < 1.29 is 4.79 Å². The lowest BCUT2D eigenvalue weighted by molar-refractivity contribution is -0.122. The van der Waals surface area contributed by atoms with Crippen molar-refractivity contribution in [2.24, 2.45) is 11.8 Å². The first-order chi connectivity index (χ1) is 12.8. The van der Waals surface area contributed by atoms with Crippen molar-refractivity contribution in [1.82, 2.24) is 15.2 Å². The summed E-state index contributed by atoms with van der Waals surface area (Å²) in [4.78, 5) is 19.2. The van der Waals surface area contributed by atoms with Gasteiger partial charge in [0.1, 0.15) is 0 Å². The number of carbonyl (C=O) groups is 1. The van der Waals surface area contributed by atoms with Gasteiger partial charge in [0, 0.05) is 37.9 Å². The minimum Gasteiger partial charge on any atom is -0.356 e. The SMILES string of the molecule is O=C(NC[C@@H]1CCCN(Cc2cccnc2)C1)[C@@H]1C[C@@H]1c1ccccc1. The van der Waals surface area contributed by atoms with Crippen molar-refractivity contribution in [3.63, 3.8) is 0 Å². The largest absolute Gasteiger partial charge is 0.356 e. The Hall–Kier alpha value is -2.20. The summed E-state index contributed by atoms with van der Waals surface area (Å²) in [5.74, 6) is 1.39. The van der Waals surface area contributed by atoms with Crippen LogP contribution in [0.3, 0.4) is 0 Å². The molecule has 1 aliphatic heterocycles. The molecule has 4 rings (SSSR count). The third-order valence-electron chi connectivity index (χ3n) is 5.65. The zero-order valence-electron chi connectivity index (χ0n) is 15.2. The highest BCUT2D eigenvalue weighted by Gasteiger charge is 2.43. The van der Waals surface area contributed by atoms with Gasteiger partial charge in [0.15, 0.2) is 0 Å². The molecule has 136 valence electrons. The molecule has 26 heavy (non-hydrogen) atoms. The molecule has 1 aliphatic carbocycles. The predicted octanol–water partition coefficient (Wildman–Crippen LogP) is 3.21. The molecular formula is C22H27N3O. The minimum atomic E-state index is 0.174. The topological polar surface area (TPSA) is 45.2 Å². The number of hydrogen-bond donors (Lipinski definition) is 1. The van der Waals surface area contributed by atoms with Crippen molar-refractivity contribution in [1.29, 1.82) is 0 Å². The quantitative estimate of drug-likeness (QED) is 0.871. The molecule has 2 aliphatic rings. The van der Waals surface area contributed by atoms with Gasteiger partial charge in [0.05, 0.1) is 0 Å². The number of aromatic nitrogens is 1. The smallest absolute Gasteiger partial charge is 0.223 e. The second-order valence-corrected chi connectivity index (χ2v) is 7.71. The molecule has 1 saturated heterocycles. The first-order valence-electron chi connectivity index (χ1n) is 9.73. The Balaban J connectivity index is 1.23. The van der Waals surface area contributed by atoms with Crippen molar-refractivity contribution >= 4 is 5.91 Å². The molecule has 1 aromatic heterocycles. The van der Waals surface area contributed by atoms with Crippen LogP contribution in [-0.4, -0.2) is 35.4 Å². The van der Waals surface area contributed by atoms with Crippen LogP contribution in [0.1, 0.15) is 36.3 Å². The van der Waals surface area contributed by atoms with Gasteiger partial charge < -0.3 is 5.32 Å². The second kappa shape index (κ2) is 8.00. The van der Waals surface area contributed by atoms with Crippen LogP contribution in [0.15, 0.2) is 54.9 Å². The van der Waals surface area contributed by atoms with Gasteiger partial charge in [-0.15, -0.1) is 0 Å². The highest BCUT2D eigenvalue weighted by molar-refractivity contribution is 5.82. The third-order valence-corrected chi connectivity index (χ3v) is 5.65. The molecule has 4 nitrogen and oxygen atoms in total. The van der Waals surface area contributed by atoms with Crippen LogP contribution in [0, 0.1) is 11.8 Å². The lowest BCUT2D eigenvalue weighted by atomic mass is 9.97. The molecule has 0 radical (unpaired) electrons. The van der Waals surface area contributed by atoms with Crippen LogP contribution >= 0.6 is 0 Å². The summed E-state index contributed by atoms with van der Waals surface area (Å²) in [5.41, 5.74) is 2.56. The number of nitrogens with one attached hydrogen (secondary N) is 1. The van der Waals surface area contributed by atoms with E-state index in [4.69, 9.17) is 0 Å². The molecule has 0 bridgehead atoms. The number of likely N-dealkylation sites (tertiary alicyclic amines) is 1. The zero-order valence-corrected chi connectivity index (χ0v) is 15.2. The number of hydrogen-bond acceptors (Lipinski definition) is 3. The first-order valence-corrected chi connectivity index (χ1v) is 9.73. The minimum absolute atomic E-state index is 0.174. The highest BCUT2D eigenvalue weighted by Crippen LogP contribution is 2.47. The van der Waals surface area contributed by atoms with Crippen molar-refractivity contribution in [2.45, 2.75) is 31.7 Å². The van der Waals surface area contributed by atoms with Gasteiger partial charge in [-0.1, -0.05) is 36.4 Å². The fraction of sp³-hybridized carbons (Fsp3) is 0.455. The maximum Gasteiger partial charge on any atom is 0.223 e. The molecule has 1 saturated carbocycles. The molecule has 2 fully saturated rings. The third kappa shape index (κ3) is 4.31.